The van der Waals surface area contributed by atoms with Crippen LogP contribution >= 0.6 is 0 Å². The number of carbonyl (C=O) groups is 1. The smallest absolute Gasteiger partial charge is 0.414 e. The van der Waals surface area contributed by atoms with Crippen LogP contribution in [0.2, 0.25) is 0 Å². The number of aromatic hydroxyl groups is 1. The summed E-state index contributed by atoms with van der Waals surface area (Å²) in [7, 11) is 0. The van der Waals surface area contributed by atoms with Crippen molar-refractivity contribution in [3.05, 3.63) is 41.2 Å². The Kier molecular flexibility index (Phi) is 3.77. The Morgan fingerprint density at radius 3 is 3.10 bits per heavy atom. The highest BCUT2D eigenvalue weighted by Gasteiger charge is 2.22. The molecule has 1 aromatic carbocycles. The molecule has 0 atom stereocenters. The van der Waals surface area contributed by atoms with Gasteiger partial charge in [-0.25, -0.2) is 4.79 Å². The van der Waals surface area contributed by atoms with Gasteiger partial charge >= 0.3 is 6.09 Å². The number of aryl methyl sites for hydroxylation is 1. The Bertz CT molecular complexity index is 651. The number of aromatic nitrogens is 1. The van der Waals surface area contributed by atoms with Gasteiger partial charge in [0, 0.05) is 13.0 Å². The molecule has 0 spiro atoms. The van der Waals surface area contributed by atoms with Gasteiger partial charge in [0.15, 0.2) is 0 Å². The number of nitrogens with zero attached hydrogens (tertiary/aromatic N) is 1. The van der Waals surface area contributed by atoms with E-state index in [1.54, 1.807) is 24.3 Å². The molecule has 1 aliphatic carbocycles. The van der Waals surface area contributed by atoms with Crippen LogP contribution in [0.4, 0.5) is 4.79 Å². The molecule has 2 aromatic rings. The minimum absolute atomic E-state index is 0.160. The molecule has 0 saturated carbocycles. The fourth-order valence-corrected chi connectivity index (χ4v) is 2.40. The summed E-state index contributed by atoms with van der Waals surface area (Å²) in [6.45, 7) is 0.271. The number of benzene rings is 1. The lowest BCUT2D eigenvalue weighted by Crippen LogP contribution is -2.26. The third kappa shape index (κ3) is 3.16. The molecule has 1 aliphatic rings. The van der Waals surface area contributed by atoms with E-state index in [0.29, 0.717) is 0 Å². The topological polar surface area (TPSA) is 84.6 Å². The van der Waals surface area contributed by atoms with E-state index in [-0.39, 0.29) is 18.2 Å². The summed E-state index contributed by atoms with van der Waals surface area (Å²) >= 11 is 0. The average molecular weight is 288 g/mol. The third-order valence-corrected chi connectivity index (χ3v) is 3.45. The second-order valence-corrected chi connectivity index (χ2v) is 5.01. The van der Waals surface area contributed by atoms with E-state index in [1.807, 2.05) is 0 Å². The van der Waals surface area contributed by atoms with Crippen molar-refractivity contribution in [1.29, 1.82) is 0 Å². The summed E-state index contributed by atoms with van der Waals surface area (Å²) < 4.78 is 10.4. The largest absolute Gasteiger partial charge is 0.508 e. The minimum Gasteiger partial charge on any atom is -0.508 e. The highest BCUT2D eigenvalue weighted by Crippen LogP contribution is 2.28. The van der Waals surface area contributed by atoms with Crippen LogP contribution in [0.5, 0.6) is 11.6 Å². The molecule has 1 amide bonds. The Morgan fingerprint density at radius 2 is 2.24 bits per heavy atom. The highest BCUT2D eigenvalue weighted by atomic mass is 16.6. The van der Waals surface area contributed by atoms with Gasteiger partial charge in [0.2, 0.25) is 0 Å². The van der Waals surface area contributed by atoms with Gasteiger partial charge in [-0.2, -0.15) is 0 Å². The van der Waals surface area contributed by atoms with Crippen LogP contribution in [0, 0.1) is 0 Å². The molecule has 0 aliphatic heterocycles. The molecule has 0 saturated heterocycles. The van der Waals surface area contributed by atoms with Gasteiger partial charge in [0.1, 0.15) is 11.5 Å². The number of hydrogen-bond donors (Lipinski definition) is 2. The molecule has 1 aromatic heterocycles. The quantitative estimate of drug-likeness (QED) is 0.906. The van der Waals surface area contributed by atoms with E-state index in [2.05, 4.69) is 10.5 Å². The number of carbonyl (C=O) groups excluding carboxylic acids is 1. The molecule has 3 rings (SSSR count). The number of hydrogen-bond acceptors (Lipinski definition) is 5. The zero-order chi connectivity index (χ0) is 14.7. The van der Waals surface area contributed by atoms with Crippen LogP contribution in [0.15, 0.2) is 28.8 Å². The summed E-state index contributed by atoms with van der Waals surface area (Å²) in [5.41, 5.74) is 1.68. The summed E-state index contributed by atoms with van der Waals surface area (Å²) in [5.74, 6) is 1.24. The Balaban J connectivity index is 1.58. The number of phenolic OH excluding ortho intramolecular Hbond substituents is 1. The van der Waals surface area contributed by atoms with Crippen LogP contribution in [0.25, 0.3) is 0 Å². The molecule has 0 unspecified atom stereocenters. The molecule has 21 heavy (non-hydrogen) atoms. The van der Waals surface area contributed by atoms with Crippen molar-refractivity contribution in [2.75, 3.05) is 0 Å². The predicted octanol–water partition coefficient (Wildman–Crippen LogP) is 2.55. The van der Waals surface area contributed by atoms with Crippen LogP contribution in [0.3, 0.4) is 0 Å². The summed E-state index contributed by atoms with van der Waals surface area (Å²) in [4.78, 5) is 11.8. The maximum Gasteiger partial charge on any atom is 0.414 e. The molecule has 0 bridgehead atoms. The molecule has 0 radical (unpaired) electrons. The first-order valence-electron chi connectivity index (χ1n) is 6.93. The van der Waals surface area contributed by atoms with Gasteiger partial charge in [-0.3, -0.25) is 0 Å². The average Bonchev–Trinajstić information content (AvgIpc) is 2.89. The molecule has 0 fully saturated rings. The molecular weight excluding hydrogens is 272 g/mol. The lowest BCUT2D eigenvalue weighted by Gasteiger charge is -2.09. The van der Waals surface area contributed by atoms with Crippen molar-refractivity contribution in [3.63, 3.8) is 0 Å². The van der Waals surface area contributed by atoms with Crippen molar-refractivity contribution in [1.82, 2.24) is 10.5 Å². The Labute approximate surface area is 121 Å². The molecule has 6 heteroatoms. The van der Waals surface area contributed by atoms with E-state index < -0.39 is 6.09 Å². The molecule has 1 heterocycles. The summed E-state index contributed by atoms with van der Waals surface area (Å²) in [5, 5.41) is 15.8. The zero-order valence-electron chi connectivity index (χ0n) is 11.5. The molecule has 6 nitrogen and oxygen atoms in total. The second-order valence-electron chi connectivity index (χ2n) is 5.01. The van der Waals surface area contributed by atoms with Gasteiger partial charge in [0.05, 0.1) is 5.56 Å². The second kappa shape index (κ2) is 5.87. The van der Waals surface area contributed by atoms with Gasteiger partial charge in [0.25, 0.3) is 5.88 Å². The number of rotatable bonds is 3. The van der Waals surface area contributed by atoms with Crippen molar-refractivity contribution >= 4 is 6.09 Å². The lowest BCUT2D eigenvalue weighted by molar-refractivity contribution is 0.194. The first kappa shape index (κ1) is 13.5. The third-order valence-electron chi connectivity index (χ3n) is 3.45. The fraction of sp³-hybridized carbons (Fsp3) is 0.333. The normalized spacial score (nSPS) is 13.5. The minimum atomic E-state index is -0.583. The molecular formula is C15H16N2O4. The fourth-order valence-electron chi connectivity index (χ4n) is 2.40. The first-order chi connectivity index (χ1) is 10.2. The summed E-state index contributed by atoms with van der Waals surface area (Å²) in [6.07, 6.45) is 3.21. The maximum absolute atomic E-state index is 11.8. The Hall–Kier alpha value is -2.50. The van der Waals surface area contributed by atoms with E-state index in [4.69, 9.17) is 9.26 Å². The van der Waals surface area contributed by atoms with Crippen molar-refractivity contribution in [2.24, 2.45) is 0 Å². The van der Waals surface area contributed by atoms with Crippen LogP contribution in [-0.2, 0) is 19.4 Å². The maximum atomic E-state index is 11.8. The predicted molar refractivity (Wildman–Crippen MR) is 74.1 cm³/mol. The zero-order valence-corrected chi connectivity index (χ0v) is 11.5. The Morgan fingerprint density at radius 1 is 1.38 bits per heavy atom. The molecule has 110 valence electrons. The summed E-state index contributed by atoms with van der Waals surface area (Å²) in [6, 6.07) is 6.67. The monoisotopic (exact) mass is 288 g/mol. The van der Waals surface area contributed by atoms with Gasteiger partial charge < -0.3 is 19.7 Å². The van der Waals surface area contributed by atoms with E-state index in [0.717, 1.165) is 42.6 Å². The SMILES string of the molecule is O=C(NCc1cccc(O)c1)Oc1noc2c1CCCC2. The molecule has 2 N–H and O–H groups in total. The highest BCUT2D eigenvalue weighted by molar-refractivity contribution is 5.70. The number of nitrogens with one attached hydrogen (secondary N) is 1. The van der Waals surface area contributed by atoms with Gasteiger partial charge in [-0.05, 0) is 42.1 Å². The van der Waals surface area contributed by atoms with E-state index in [9.17, 15) is 9.90 Å². The van der Waals surface area contributed by atoms with E-state index in [1.165, 1.54) is 0 Å². The van der Waals surface area contributed by atoms with Crippen LogP contribution in [0.1, 0.15) is 29.7 Å². The van der Waals surface area contributed by atoms with Gasteiger partial charge in [-0.1, -0.05) is 12.1 Å². The number of ether oxygens (including phenoxy) is 1. The lowest BCUT2D eigenvalue weighted by atomic mass is 9.99. The van der Waals surface area contributed by atoms with Crippen molar-refractivity contribution in [2.45, 2.75) is 32.2 Å². The first-order valence-corrected chi connectivity index (χ1v) is 6.93. The van der Waals surface area contributed by atoms with Crippen molar-refractivity contribution in [3.8, 4) is 11.6 Å². The van der Waals surface area contributed by atoms with Crippen LogP contribution < -0.4 is 10.1 Å². The number of fused-ring (bicyclic) bond motifs is 1. The standard InChI is InChI=1S/C15H16N2O4/c18-11-5-3-4-10(8-11)9-16-15(19)20-14-12-6-1-2-7-13(12)21-17-14/h3-5,8,18H,1-2,6-7,9H2,(H,16,19). The number of amides is 1. The number of phenols is 1. The van der Waals surface area contributed by atoms with Crippen LogP contribution in [-0.4, -0.2) is 16.4 Å². The van der Waals surface area contributed by atoms with Gasteiger partial charge in [-0.15, -0.1) is 0 Å². The van der Waals surface area contributed by atoms with E-state index >= 15 is 0 Å². The van der Waals surface area contributed by atoms with Crippen molar-refractivity contribution < 1.29 is 19.2 Å².